The van der Waals surface area contributed by atoms with Gasteiger partial charge < -0.3 is 10.1 Å². The van der Waals surface area contributed by atoms with Gasteiger partial charge in [-0.05, 0) is 12.5 Å². The number of β-lactam (4-membered cyclic amide) rings is 1. The number of thioether (sulfide) groups is 1. The maximum atomic E-state index is 12.4. The van der Waals surface area contributed by atoms with Gasteiger partial charge in [0.05, 0.1) is 0 Å². The van der Waals surface area contributed by atoms with Crippen molar-refractivity contribution in [1.82, 2.24) is 10.2 Å². The predicted molar refractivity (Wildman–Crippen MR) is 93.7 cm³/mol. The highest BCUT2D eigenvalue weighted by molar-refractivity contribution is 8.04. The van der Waals surface area contributed by atoms with Crippen molar-refractivity contribution in [2.24, 2.45) is 0 Å². The Morgan fingerprint density at radius 3 is 2.54 bits per heavy atom. The molecule has 11 heteroatoms. The van der Waals surface area contributed by atoms with Crippen LogP contribution in [0.25, 0.3) is 0 Å². The number of hydrogen-bond donors (Lipinski definition) is 1. The zero-order valence-electron chi connectivity index (χ0n) is 12.4. The van der Waals surface area contributed by atoms with E-state index in [1.54, 1.807) is 6.92 Å². The van der Waals surface area contributed by atoms with Crippen molar-refractivity contribution in [2.75, 3.05) is 6.61 Å². The van der Waals surface area contributed by atoms with Gasteiger partial charge in [-0.1, -0.05) is 58.2 Å². The van der Waals surface area contributed by atoms with Crippen LogP contribution in [-0.2, 0) is 19.1 Å². The molecule has 2 amide bonds. The lowest BCUT2D eigenvalue weighted by molar-refractivity contribution is -0.152. The molecule has 0 aromatic heterocycles. The third-order valence-electron chi connectivity index (χ3n) is 3.27. The van der Waals surface area contributed by atoms with Crippen molar-refractivity contribution in [1.29, 1.82) is 0 Å². The van der Waals surface area contributed by atoms with Gasteiger partial charge in [-0.15, -0.1) is 0 Å². The Morgan fingerprint density at radius 2 is 2.04 bits per heavy atom. The number of carbonyl (C=O) groups excluding carboxylic acids is 3. The van der Waals surface area contributed by atoms with Crippen LogP contribution in [0.3, 0.4) is 0 Å². The Bertz CT molecular complexity index is 659. The van der Waals surface area contributed by atoms with E-state index in [9.17, 15) is 14.4 Å². The summed E-state index contributed by atoms with van der Waals surface area (Å²) in [5, 5.41) is 2.05. The van der Waals surface area contributed by atoms with Gasteiger partial charge in [-0.25, -0.2) is 4.79 Å². The van der Waals surface area contributed by atoms with Crippen molar-refractivity contribution in [3.63, 3.8) is 0 Å². The van der Waals surface area contributed by atoms with Gasteiger partial charge in [0.2, 0.25) is 9.70 Å². The summed E-state index contributed by atoms with van der Waals surface area (Å²) in [6.45, 7) is 2.46. The van der Waals surface area contributed by atoms with Crippen molar-refractivity contribution >= 4 is 75.9 Å². The molecule has 0 saturated carbocycles. The Kier molecular flexibility index (Phi) is 6.03. The minimum atomic E-state index is -1.77. The minimum Gasteiger partial charge on any atom is -0.456 e. The summed E-state index contributed by atoms with van der Waals surface area (Å²) in [6, 6.07) is -0.747. The highest BCUT2D eigenvalue weighted by Gasteiger charge is 2.55. The summed E-state index contributed by atoms with van der Waals surface area (Å²) in [6.07, 6.45) is 0. The number of alkyl halides is 3. The number of allylic oxidation sites excluding steroid dienone is 1. The fourth-order valence-electron chi connectivity index (χ4n) is 2.26. The van der Waals surface area contributed by atoms with Crippen LogP contribution in [0.1, 0.15) is 13.8 Å². The summed E-state index contributed by atoms with van der Waals surface area (Å²) in [4.78, 5) is 37.7. The zero-order chi connectivity index (χ0) is 18.2. The lowest BCUT2D eigenvalue weighted by Crippen LogP contribution is -2.70. The number of rotatable bonds is 3. The number of ether oxygens (including phenoxy) is 1. The molecular weight excluding hydrogens is 422 g/mol. The van der Waals surface area contributed by atoms with Gasteiger partial charge in [-0.3, -0.25) is 14.5 Å². The molecule has 2 aliphatic rings. The summed E-state index contributed by atoms with van der Waals surface area (Å²) in [5.74, 6) is -1.58. The topological polar surface area (TPSA) is 75.7 Å². The quantitative estimate of drug-likeness (QED) is 0.420. The molecule has 132 valence electrons. The van der Waals surface area contributed by atoms with Gasteiger partial charge in [-0.2, -0.15) is 0 Å². The van der Waals surface area contributed by atoms with Gasteiger partial charge in [0, 0.05) is 17.4 Å². The number of esters is 1. The van der Waals surface area contributed by atoms with E-state index in [-0.39, 0.29) is 11.6 Å². The van der Waals surface area contributed by atoms with Crippen LogP contribution in [0.15, 0.2) is 21.7 Å². The molecule has 1 saturated heterocycles. The van der Waals surface area contributed by atoms with Gasteiger partial charge in [0.25, 0.3) is 5.91 Å². The second-order valence-electron chi connectivity index (χ2n) is 5.03. The fourth-order valence-corrected chi connectivity index (χ4v) is 3.97. The molecule has 1 unspecified atom stereocenters. The predicted octanol–water partition coefficient (Wildman–Crippen LogP) is 2.67. The fraction of sp³-hybridized carbons (Fsp3) is 0.462. The monoisotopic (exact) mass is 432 g/mol. The molecule has 6 nitrogen and oxygen atoms in total. The summed E-state index contributed by atoms with van der Waals surface area (Å²) < 4.78 is 3.20. The number of hydrogen-bond acceptors (Lipinski definition) is 5. The van der Waals surface area contributed by atoms with E-state index in [2.05, 4.69) is 5.32 Å². The van der Waals surface area contributed by atoms with Crippen molar-refractivity contribution < 1.29 is 19.1 Å². The second kappa shape index (κ2) is 7.33. The number of nitrogens with zero attached hydrogens (tertiary/aromatic N) is 1. The first-order valence-corrected chi connectivity index (χ1v) is 9.04. The van der Waals surface area contributed by atoms with E-state index in [1.807, 2.05) is 0 Å². The zero-order valence-corrected chi connectivity index (χ0v) is 16.3. The molecule has 0 bridgehead atoms. The molecule has 0 aromatic rings. The standard InChI is InChI=1S/C13H12Cl4N2O4S/c1-5-7(3-14)24-11-8(18-6(2)20)10(21)19(11)9(5)12(22)23-4-13(15,16)17/h3,8,11H,4H2,1-2H3,(H,18,20)/b7-3-/t8?,11-/m1/s1. The van der Waals surface area contributed by atoms with E-state index >= 15 is 0 Å². The molecule has 2 rings (SSSR count). The number of amides is 2. The first kappa shape index (κ1) is 19.7. The third-order valence-corrected chi connectivity index (χ3v) is 5.35. The molecule has 2 heterocycles. The molecule has 2 aliphatic heterocycles. The number of carbonyl (C=O) groups is 3. The van der Waals surface area contributed by atoms with Crippen LogP contribution in [0.5, 0.6) is 0 Å². The summed E-state index contributed by atoms with van der Waals surface area (Å²) in [5.41, 5.74) is 1.79. The van der Waals surface area contributed by atoms with Crippen LogP contribution in [0.4, 0.5) is 0 Å². The Labute approximate surface area is 162 Å². The molecule has 0 spiro atoms. The normalized spacial score (nSPS) is 25.3. The average molecular weight is 434 g/mol. The van der Waals surface area contributed by atoms with Gasteiger partial charge >= 0.3 is 5.97 Å². The average Bonchev–Trinajstić information content (AvgIpc) is 2.49. The minimum absolute atomic E-state index is 0.0199. The maximum Gasteiger partial charge on any atom is 0.355 e. The lowest BCUT2D eigenvalue weighted by atomic mass is 10.0. The Balaban J connectivity index is 2.29. The third kappa shape index (κ3) is 3.96. The van der Waals surface area contributed by atoms with Crippen molar-refractivity contribution in [2.45, 2.75) is 29.1 Å². The molecular formula is C13H12Cl4N2O4S. The van der Waals surface area contributed by atoms with E-state index < -0.39 is 33.7 Å². The second-order valence-corrected chi connectivity index (χ2v) is 8.93. The van der Waals surface area contributed by atoms with E-state index in [1.165, 1.54) is 29.1 Å². The van der Waals surface area contributed by atoms with E-state index in [0.29, 0.717) is 10.5 Å². The number of fused-ring (bicyclic) bond motifs is 1. The van der Waals surface area contributed by atoms with Crippen LogP contribution < -0.4 is 5.32 Å². The number of nitrogens with one attached hydrogen (secondary N) is 1. The molecule has 0 aliphatic carbocycles. The number of halogens is 4. The first-order chi connectivity index (χ1) is 11.1. The van der Waals surface area contributed by atoms with Crippen LogP contribution in [0, 0.1) is 0 Å². The maximum absolute atomic E-state index is 12.4. The Hall–Kier alpha value is -0.600. The highest BCUT2D eigenvalue weighted by atomic mass is 35.6. The highest BCUT2D eigenvalue weighted by Crippen LogP contribution is 2.46. The van der Waals surface area contributed by atoms with E-state index in [0.717, 1.165) is 0 Å². The van der Waals surface area contributed by atoms with Gasteiger partial charge in [0.1, 0.15) is 23.7 Å². The Morgan fingerprint density at radius 1 is 1.42 bits per heavy atom. The molecule has 1 fully saturated rings. The molecule has 0 aromatic carbocycles. The molecule has 1 N–H and O–H groups in total. The van der Waals surface area contributed by atoms with Gasteiger partial charge in [0.15, 0.2) is 0 Å². The summed E-state index contributed by atoms with van der Waals surface area (Å²) in [7, 11) is 0. The van der Waals surface area contributed by atoms with E-state index in [4.69, 9.17) is 51.1 Å². The van der Waals surface area contributed by atoms with Crippen LogP contribution in [0.2, 0.25) is 0 Å². The molecule has 0 radical (unpaired) electrons. The molecule has 24 heavy (non-hydrogen) atoms. The van der Waals surface area contributed by atoms with Crippen LogP contribution >= 0.6 is 58.2 Å². The first-order valence-electron chi connectivity index (χ1n) is 6.59. The largest absolute Gasteiger partial charge is 0.456 e. The smallest absolute Gasteiger partial charge is 0.355 e. The summed E-state index contributed by atoms with van der Waals surface area (Å²) >= 11 is 23.8. The van der Waals surface area contributed by atoms with Crippen LogP contribution in [-0.4, -0.2) is 44.5 Å². The lowest BCUT2D eigenvalue weighted by Gasteiger charge is -2.49. The SMILES string of the molecule is CC(=O)NC1C(=O)N2C(C(=O)OCC(Cl)(Cl)Cl)=C(C)/C(=C/Cl)S[C@H]12. The van der Waals surface area contributed by atoms with Crippen molar-refractivity contribution in [3.05, 3.63) is 21.7 Å². The molecule has 2 atom stereocenters. The van der Waals surface area contributed by atoms with Crippen molar-refractivity contribution in [3.8, 4) is 0 Å².